The summed E-state index contributed by atoms with van der Waals surface area (Å²) in [7, 11) is 0. The maximum absolute atomic E-state index is 13.4. The number of benzene rings is 1. The van der Waals surface area contributed by atoms with E-state index in [9.17, 15) is 14.0 Å². The molecule has 0 saturated heterocycles. The van der Waals surface area contributed by atoms with Crippen LogP contribution in [0.5, 0.6) is 5.75 Å². The molecule has 0 aliphatic carbocycles. The molecule has 1 aromatic carbocycles. The molecule has 2 aliphatic rings. The van der Waals surface area contributed by atoms with Crippen molar-refractivity contribution in [1.29, 1.82) is 0 Å². The van der Waals surface area contributed by atoms with Crippen molar-refractivity contribution in [2.45, 2.75) is 19.3 Å². The monoisotopic (exact) mass is 328 g/mol. The van der Waals surface area contributed by atoms with Gasteiger partial charge in [0.1, 0.15) is 23.9 Å². The number of nitrogens with zero attached hydrogens (tertiary/aromatic N) is 1. The van der Waals surface area contributed by atoms with Gasteiger partial charge < -0.3 is 14.6 Å². The molecule has 1 N–H and O–H groups in total. The van der Waals surface area contributed by atoms with Gasteiger partial charge in [0.25, 0.3) is 5.56 Å². The van der Waals surface area contributed by atoms with Crippen molar-refractivity contribution in [2.75, 3.05) is 18.1 Å². The summed E-state index contributed by atoms with van der Waals surface area (Å²) in [6.07, 6.45) is 3.64. The Bertz CT molecular complexity index is 862. The van der Waals surface area contributed by atoms with Crippen LogP contribution in [0.15, 0.2) is 35.3 Å². The Kier molecular flexibility index (Phi) is 3.59. The molecule has 3 heterocycles. The van der Waals surface area contributed by atoms with E-state index < -0.39 is 5.92 Å². The van der Waals surface area contributed by atoms with Crippen LogP contribution in [0.4, 0.5) is 10.1 Å². The quantitative estimate of drug-likeness (QED) is 0.871. The Morgan fingerprint density at radius 2 is 2.17 bits per heavy atom. The third-order valence-electron chi connectivity index (χ3n) is 4.66. The van der Waals surface area contributed by atoms with Crippen LogP contribution < -0.4 is 15.2 Å². The molecule has 0 saturated carbocycles. The molecular formula is C18H17FN2O3. The van der Waals surface area contributed by atoms with E-state index in [1.54, 1.807) is 17.2 Å². The van der Waals surface area contributed by atoms with Gasteiger partial charge in [0, 0.05) is 12.7 Å². The zero-order chi connectivity index (χ0) is 16.7. The summed E-state index contributed by atoms with van der Waals surface area (Å²) >= 11 is 0. The molecular weight excluding hydrogens is 311 g/mol. The molecule has 0 fully saturated rings. The number of halogens is 1. The van der Waals surface area contributed by atoms with Crippen molar-refractivity contribution in [3.8, 4) is 5.75 Å². The molecule has 6 heteroatoms. The van der Waals surface area contributed by atoms with Crippen molar-refractivity contribution >= 4 is 11.6 Å². The summed E-state index contributed by atoms with van der Waals surface area (Å²) in [4.78, 5) is 29.3. The summed E-state index contributed by atoms with van der Waals surface area (Å²) in [6.45, 7) is 0.763. The number of carbonyl (C=O) groups is 1. The second kappa shape index (κ2) is 5.78. The molecule has 0 radical (unpaired) electrons. The van der Waals surface area contributed by atoms with E-state index >= 15 is 0 Å². The molecule has 1 aromatic heterocycles. The smallest absolute Gasteiger partial charge is 0.272 e. The first kappa shape index (κ1) is 14.9. The molecule has 0 bridgehead atoms. The van der Waals surface area contributed by atoms with Gasteiger partial charge in [0.2, 0.25) is 5.91 Å². The van der Waals surface area contributed by atoms with Gasteiger partial charge in [-0.05, 0) is 54.7 Å². The van der Waals surface area contributed by atoms with Gasteiger partial charge in [-0.1, -0.05) is 0 Å². The second-order valence-electron chi connectivity index (χ2n) is 6.24. The number of ether oxygens (including phenoxy) is 1. The fourth-order valence-electron chi connectivity index (χ4n) is 3.51. The van der Waals surface area contributed by atoms with Crippen molar-refractivity contribution in [1.82, 2.24) is 4.98 Å². The summed E-state index contributed by atoms with van der Waals surface area (Å²) in [5.74, 6) is -0.269. The lowest BCUT2D eigenvalue weighted by Crippen LogP contribution is -2.45. The Labute approximate surface area is 138 Å². The number of hydrogen-bond donors (Lipinski definition) is 1. The Hall–Kier alpha value is -2.63. The number of aromatic amines is 1. The van der Waals surface area contributed by atoms with Crippen LogP contribution in [0.1, 0.15) is 17.5 Å². The van der Waals surface area contributed by atoms with E-state index in [4.69, 9.17) is 4.74 Å². The van der Waals surface area contributed by atoms with E-state index in [1.807, 2.05) is 6.07 Å². The SMILES string of the molecule is O=C(C1COc2ccc(F)cc2C1)N1CCCc2cc[nH]c(=O)c21. The largest absolute Gasteiger partial charge is 0.492 e. The first-order valence-electron chi connectivity index (χ1n) is 8.06. The Morgan fingerprint density at radius 1 is 1.29 bits per heavy atom. The van der Waals surface area contributed by atoms with Gasteiger partial charge in [-0.2, -0.15) is 0 Å². The number of aromatic nitrogens is 1. The van der Waals surface area contributed by atoms with Crippen molar-refractivity contribution in [3.63, 3.8) is 0 Å². The topological polar surface area (TPSA) is 62.4 Å². The zero-order valence-corrected chi connectivity index (χ0v) is 13.0. The maximum atomic E-state index is 13.4. The highest BCUT2D eigenvalue weighted by atomic mass is 19.1. The lowest BCUT2D eigenvalue weighted by atomic mass is 9.94. The molecule has 2 aromatic rings. The normalized spacial score (nSPS) is 19.2. The van der Waals surface area contributed by atoms with Gasteiger partial charge in [-0.3, -0.25) is 9.59 Å². The van der Waals surface area contributed by atoms with Crippen LogP contribution in [0.2, 0.25) is 0 Å². The molecule has 1 amide bonds. The maximum Gasteiger partial charge on any atom is 0.272 e. The molecule has 5 nitrogen and oxygen atoms in total. The lowest BCUT2D eigenvalue weighted by molar-refractivity contribution is -0.123. The fraction of sp³-hybridized carbons (Fsp3) is 0.333. The minimum absolute atomic E-state index is 0.137. The molecule has 24 heavy (non-hydrogen) atoms. The van der Waals surface area contributed by atoms with Crippen molar-refractivity contribution in [2.24, 2.45) is 5.92 Å². The molecule has 4 rings (SSSR count). The first-order valence-corrected chi connectivity index (χ1v) is 8.06. The molecule has 124 valence electrons. The highest BCUT2D eigenvalue weighted by Gasteiger charge is 2.33. The minimum Gasteiger partial charge on any atom is -0.492 e. The minimum atomic E-state index is -0.412. The summed E-state index contributed by atoms with van der Waals surface area (Å²) in [5, 5.41) is 0. The van der Waals surface area contributed by atoms with E-state index in [-0.39, 0.29) is 23.9 Å². The van der Waals surface area contributed by atoms with E-state index in [0.29, 0.717) is 30.0 Å². The van der Waals surface area contributed by atoms with Crippen LogP contribution in [0.3, 0.4) is 0 Å². The standard InChI is InChI=1S/C18H17FN2O3/c19-14-3-4-15-12(9-14)8-13(10-24-15)18(23)21-7-1-2-11-5-6-20-17(22)16(11)21/h3-6,9,13H,1-2,7-8,10H2,(H,20,22). The number of amides is 1. The van der Waals surface area contributed by atoms with Crippen molar-refractivity contribution < 1.29 is 13.9 Å². The average Bonchev–Trinajstić information content (AvgIpc) is 2.60. The van der Waals surface area contributed by atoms with Crippen LogP contribution >= 0.6 is 0 Å². The predicted octanol–water partition coefficient (Wildman–Crippen LogP) is 2.04. The number of aryl methyl sites for hydroxylation is 1. The lowest BCUT2D eigenvalue weighted by Gasteiger charge is -2.33. The molecule has 2 aliphatic heterocycles. The predicted molar refractivity (Wildman–Crippen MR) is 86.8 cm³/mol. The zero-order valence-electron chi connectivity index (χ0n) is 13.0. The van der Waals surface area contributed by atoms with Gasteiger partial charge in [-0.25, -0.2) is 4.39 Å². The molecule has 1 unspecified atom stereocenters. The Morgan fingerprint density at radius 3 is 3.04 bits per heavy atom. The number of anilines is 1. The number of H-pyrrole nitrogens is 1. The fourth-order valence-corrected chi connectivity index (χ4v) is 3.51. The first-order chi connectivity index (χ1) is 11.6. The summed E-state index contributed by atoms with van der Waals surface area (Å²) in [6, 6.07) is 6.19. The van der Waals surface area contributed by atoms with Crippen molar-refractivity contribution in [3.05, 3.63) is 57.8 Å². The Balaban J connectivity index is 1.63. The highest BCUT2D eigenvalue weighted by molar-refractivity contribution is 5.96. The van der Waals surface area contributed by atoms with E-state index in [2.05, 4.69) is 4.98 Å². The summed E-state index contributed by atoms with van der Waals surface area (Å²) < 4.78 is 19.1. The average molecular weight is 328 g/mol. The third-order valence-corrected chi connectivity index (χ3v) is 4.66. The molecule has 0 spiro atoms. The number of rotatable bonds is 1. The van der Waals surface area contributed by atoms with Crippen LogP contribution in [0.25, 0.3) is 0 Å². The number of nitrogens with one attached hydrogen (secondary N) is 1. The van der Waals surface area contributed by atoms with Crippen LogP contribution in [-0.4, -0.2) is 24.0 Å². The number of pyridine rings is 1. The summed E-state index contributed by atoms with van der Waals surface area (Å²) in [5.41, 5.74) is 1.78. The van der Waals surface area contributed by atoms with E-state index in [0.717, 1.165) is 18.4 Å². The molecule has 1 atom stereocenters. The van der Waals surface area contributed by atoms with Gasteiger partial charge in [0.15, 0.2) is 0 Å². The van der Waals surface area contributed by atoms with Gasteiger partial charge in [-0.15, -0.1) is 0 Å². The number of carbonyl (C=O) groups excluding carboxylic acids is 1. The highest BCUT2D eigenvalue weighted by Crippen LogP contribution is 2.31. The van der Waals surface area contributed by atoms with Crippen LogP contribution in [0, 0.1) is 11.7 Å². The third kappa shape index (κ3) is 2.48. The van der Waals surface area contributed by atoms with Crippen LogP contribution in [-0.2, 0) is 17.6 Å². The van der Waals surface area contributed by atoms with E-state index in [1.165, 1.54) is 12.1 Å². The number of hydrogen-bond acceptors (Lipinski definition) is 3. The van der Waals surface area contributed by atoms with Gasteiger partial charge >= 0.3 is 0 Å². The second-order valence-corrected chi connectivity index (χ2v) is 6.24. The van der Waals surface area contributed by atoms with Gasteiger partial charge in [0.05, 0.1) is 5.92 Å². The number of fused-ring (bicyclic) bond motifs is 2.